The molecule has 2 aromatic carbocycles. The Kier molecular flexibility index (Phi) is 7.41. The molecule has 1 heterocycles. The maximum Gasteiger partial charge on any atom is 0.251 e. The fourth-order valence-corrected chi connectivity index (χ4v) is 3.50. The number of ether oxygens (including phenoxy) is 1. The third-order valence-corrected chi connectivity index (χ3v) is 5.24. The van der Waals surface area contributed by atoms with E-state index < -0.39 is 0 Å². The second-order valence-corrected chi connectivity index (χ2v) is 7.36. The molecule has 7 heteroatoms. The molecule has 6 nitrogen and oxygen atoms in total. The number of carbonyl (C=O) groups is 1. The van der Waals surface area contributed by atoms with Crippen molar-refractivity contribution in [1.82, 2.24) is 15.5 Å². The van der Waals surface area contributed by atoms with Crippen LogP contribution in [0.1, 0.15) is 33.2 Å². The highest BCUT2D eigenvalue weighted by molar-refractivity contribution is 5.94. The molecule has 0 bridgehead atoms. The summed E-state index contributed by atoms with van der Waals surface area (Å²) in [4.78, 5) is 18.7. The van der Waals surface area contributed by atoms with Gasteiger partial charge in [0.25, 0.3) is 5.91 Å². The average molecular weight is 413 g/mol. The van der Waals surface area contributed by atoms with Crippen molar-refractivity contribution in [2.75, 3.05) is 39.8 Å². The zero-order valence-electron chi connectivity index (χ0n) is 17.7. The number of benzene rings is 2. The van der Waals surface area contributed by atoms with Crippen molar-refractivity contribution in [3.63, 3.8) is 0 Å². The zero-order valence-corrected chi connectivity index (χ0v) is 17.7. The van der Waals surface area contributed by atoms with Crippen LogP contribution in [0.15, 0.2) is 47.5 Å². The minimum Gasteiger partial charge on any atom is -0.370 e. The molecule has 0 spiro atoms. The van der Waals surface area contributed by atoms with Crippen molar-refractivity contribution in [2.45, 2.75) is 20.0 Å². The molecule has 0 aliphatic carbocycles. The minimum atomic E-state index is -0.378. The molecule has 160 valence electrons. The number of nitrogens with one attached hydrogen (secondary N) is 2. The van der Waals surface area contributed by atoms with Crippen LogP contribution in [-0.4, -0.2) is 56.6 Å². The molecule has 1 unspecified atom stereocenters. The van der Waals surface area contributed by atoms with Crippen LogP contribution in [0.4, 0.5) is 4.39 Å². The van der Waals surface area contributed by atoms with Crippen molar-refractivity contribution in [3.05, 3.63) is 70.5 Å². The summed E-state index contributed by atoms with van der Waals surface area (Å²) < 4.78 is 19.6. The number of amides is 1. The highest BCUT2D eigenvalue weighted by Crippen LogP contribution is 2.24. The van der Waals surface area contributed by atoms with Crippen LogP contribution >= 0.6 is 0 Å². The average Bonchev–Trinajstić information content (AvgIpc) is 2.76. The van der Waals surface area contributed by atoms with E-state index in [0.29, 0.717) is 37.4 Å². The molecule has 1 amide bonds. The zero-order chi connectivity index (χ0) is 21.5. The van der Waals surface area contributed by atoms with Crippen molar-refractivity contribution in [3.8, 4) is 0 Å². The number of morpholine rings is 1. The number of rotatable bonds is 5. The molecule has 3 rings (SSSR count). The Morgan fingerprint density at radius 2 is 1.93 bits per heavy atom. The van der Waals surface area contributed by atoms with Gasteiger partial charge >= 0.3 is 0 Å². The van der Waals surface area contributed by atoms with Crippen molar-refractivity contribution in [1.29, 1.82) is 0 Å². The lowest BCUT2D eigenvalue weighted by molar-refractivity contribution is -0.00829. The molecule has 1 fully saturated rings. The SMILES string of the molecule is CN=C(NCCNC(=O)c1ccc(C)c(F)c1)N1CCOC(c2ccccc2C)C1. The summed E-state index contributed by atoms with van der Waals surface area (Å²) in [6.45, 7) is 6.75. The number of carbonyl (C=O) groups excluding carboxylic acids is 1. The number of halogens is 1. The summed E-state index contributed by atoms with van der Waals surface area (Å²) >= 11 is 0. The molecule has 30 heavy (non-hydrogen) atoms. The molecule has 1 aliphatic heterocycles. The molecule has 1 atom stereocenters. The first-order valence-corrected chi connectivity index (χ1v) is 10.2. The standard InChI is InChI=1S/C23H29FN4O2/c1-16-6-4-5-7-19(16)21-15-28(12-13-30-21)23(25-3)27-11-10-26-22(29)18-9-8-17(2)20(24)14-18/h4-9,14,21H,10-13,15H2,1-3H3,(H,25,27)(H,26,29). The number of hydrogen-bond acceptors (Lipinski definition) is 3. The quantitative estimate of drug-likeness (QED) is 0.450. The van der Waals surface area contributed by atoms with E-state index in [9.17, 15) is 9.18 Å². The Bertz CT molecular complexity index is 916. The van der Waals surface area contributed by atoms with E-state index in [1.165, 1.54) is 17.2 Å². The molecular weight excluding hydrogens is 383 g/mol. The Morgan fingerprint density at radius 1 is 1.17 bits per heavy atom. The molecular formula is C23H29FN4O2. The molecule has 0 saturated carbocycles. The predicted octanol–water partition coefficient (Wildman–Crippen LogP) is 2.82. The van der Waals surface area contributed by atoms with Gasteiger partial charge in [0, 0.05) is 32.2 Å². The lowest BCUT2D eigenvalue weighted by Gasteiger charge is -2.35. The minimum absolute atomic E-state index is 0.00497. The van der Waals surface area contributed by atoms with E-state index in [1.807, 2.05) is 12.1 Å². The van der Waals surface area contributed by atoms with Gasteiger partial charge in [0.15, 0.2) is 5.96 Å². The van der Waals surface area contributed by atoms with E-state index >= 15 is 0 Å². The maximum atomic E-state index is 13.6. The number of aliphatic imine (C=N–C) groups is 1. The first kappa shape index (κ1) is 21.8. The summed E-state index contributed by atoms with van der Waals surface area (Å²) in [5.41, 5.74) is 3.24. The van der Waals surface area contributed by atoms with Gasteiger partial charge in [-0.15, -0.1) is 0 Å². The lowest BCUT2D eigenvalue weighted by atomic mass is 10.0. The number of nitrogens with zero attached hydrogens (tertiary/aromatic N) is 2. The number of hydrogen-bond donors (Lipinski definition) is 2. The van der Waals surface area contributed by atoms with Gasteiger partial charge in [-0.25, -0.2) is 4.39 Å². The van der Waals surface area contributed by atoms with Gasteiger partial charge in [0.05, 0.1) is 13.2 Å². The maximum absolute atomic E-state index is 13.6. The monoisotopic (exact) mass is 412 g/mol. The third-order valence-electron chi connectivity index (χ3n) is 5.24. The molecule has 2 aromatic rings. The van der Waals surface area contributed by atoms with E-state index in [1.54, 1.807) is 26.1 Å². The van der Waals surface area contributed by atoms with Crippen LogP contribution < -0.4 is 10.6 Å². The van der Waals surface area contributed by atoms with Crippen LogP contribution in [0.2, 0.25) is 0 Å². The summed E-state index contributed by atoms with van der Waals surface area (Å²) in [5, 5.41) is 6.09. The highest BCUT2D eigenvalue weighted by Gasteiger charge is 2.25. The van der Waals surface area contributed by atoms with Gasteiger partial charge < -0.3 is 20.3 Å². The molecule has 1 saturated heterocycles. The fraction of sp³-hybridized carbons (Fsp3) is 0.391. The predicted molar refractivity (Wildman–Crippen MR) is 116 cm³/mol. The van der Waals surface area contributed by atoms with Crippen LogP contribution in [0.5, 0.6) is 0 Å². The van der Waals surface area contributed by atoms with Crippen LogP contribution in [0.3, 0.4) is 0 Å². The third kappa shape index (κ3) is 5.36. The van der Waals surface area contributed by atoms with Crippen molar-refractivity contribution in [2.24, 2.45) is 4.99 Å². The number of guanidine groups is 1. The smallest absolute Gasteiger partial charge is 0.251 e. The second-order valence-electron chi connectivity index (χ2n) is 7.36. The van der Waals surface area contributed by atoms with E-state index in [-0.39, 0.29) is 17.8 Å². The summed E-state index contributed by atoms with van der Waals surface area (Å²) in [6.07, 6.45) is -0.00497. The first-order chi connectivity index (χ1) is 14.5. The largest absolute Gasteiger partial charge is 0.370 e. The van der Waals surface area contributed by atoms with Gasteiger partial charge in [0.1, 0.15) is 11.9 Å². The van der Waals surface area contributed by atoms with Crippen LogP contribution in [0.25, 0.3) is 0 Å². The highest BCUT2D eigenvalue weighted by atomic mass is 19.1. The second kappa shape index (κ2) is 10.2. The molecule has 2 N–H and O–H groups in total. The summed E-state index contributed by atoms with van der Waals surface area (Å²) in [5.74, 6) is 0.0980. The molecule has 0 radical (unpaired) electrons. The van der Waals surface area contributed by atoms with E-state index in [4.69, 9.17) is 4.74 Å². The Labute approximate surface area is 177 Å². The first-order valence-electron chi connectivity index (χ1n) is 10.2. The lowest BCUT2D eigenvalue weighted by Crippen LogP contribution is -2.49. The topological polar surface area (TPSA) is 66.0 Å². The van der Waals surface area contributed by atoms with Crippen LogP contribution in [0, 0.1) is 19.7 Å². The van der Waals surface area contributed by atoms with Crippen molar-refractivity contribution < 1.29 is 13.9 Å². The Hall–Kier alpha value is -2.93. The Balaban J connectivity index is 1.50. The van der Waals surface area contributed by atoms with Gasteiger partial charge in [-0.05, 0) is 42.7 Å². The van der Waals surface area contributed by atoms with Gasteiger partial charge in [-0.1, -0.05) is 30.3 Å². The molecule has 1 aliphatic rings. The summed E-state index contributed by atoms with van der Waals surface area (Å²) in [6, 6.07) is 12.7. The van der Waals surface area contributed by atoms with Crippen molar-refractivity contribution >= 4 is 11.9 Å². The number of aryl methyl sites for hydroxylation is 2. The van der Waals surface area contributed by atoms with Gasteiger partial charge in [-0.2, -0.15) is 0 Å². The fourth-order valence-electron chi connectivity index (χ4n) is 3.50. The molecule has 0 aromatic heterocycles. The Morgan fingerprint density at radius 3 is 2.67 bits per heavy atom. The normalized spacial score (nSPS) is 17.0. The van der Waals surface area contributed by atoms with E-state index in [2.05, 4.69) is 39.6 Å². The van der Waals surface area contributed by atoms with Crippen LogP contribution in [-0.2, 0) is 4.74 Å². The summed E-state index contributed by atoms with van der Waals surface area (Å²) in [7, 11) is 1.74. The van der Waals surface area contributed by atoms with Gasteiger partial charge in [-0.3, -0.25) is 9.79 Å². The van der Waals surface area contributed by atoms with E-state index in [0.717, 1.165) is 12.5 Å². The van der Waals surface area contributed by atoms with Gasteiger partial charge in [0.2, 0.25) is 0 Å².